The highest BCUT2D eigenvalue weighted by molar-refractivity contribution is 5.83. The second-order valence-corrected chi connectivity index (χ2v) is 6.44. The van der Waals surface area contributed by atoms with Crippen LogP contribution >= 0.6 is 0 Å². The topological polar surface area (TPSA) is 65.2 Å². The first-order valence-corrected chi connectivity index (χ1v) is 9.07. The van der Waals surface area contributed by atoms with Gasteiger partial charge < -0.3 is 4.74 Å². The van der Waals surface area contributed by atoms with E-state index in [1.165, 1.54) is 0 Å². The Kier molecular flexibility index (Phi) is 4.54. The van der Waals surface area contributed by atoms with Crippen LogP contribution in [0.3, 0.4) is 0 Å². The van der Waals surface area contributed by atoms with Gasteiger partial charge in [0, 0.05) is 11.8 Å². The van der Waals surface area contributed by atoms with Gasteiger partial charge in [-0.15, -0.1) is 10.2 Å². The molecule has 4 rings (SSSR count). The minimum Gasteiger partial charge on any atom is -0.492 e. The molecule has 0 unspecified atom stereocenters. The van der Waals surface area contributed by atoms with Crippen molar-refractivity contribution in [3.05, 3.63) is 54.5 Å². The number of unbranched alkanes of at least 4 members (excludes halogenated alkanes) is 1. The third-order valence-electron chi connectivity index (χ3n) is 4.49. The Bertz CT molecular complexity index is 1130. The van der Waals surface area contributed by atoms with Crippen molar-refractivity contribution in [2.24, 2.45) is 0 Å². The summed E-state index contributed by atoms with van der Waals surface area (Å²) in [7, 11) is 0. The predicted molar refractivity (Wildman–Crippen MR) is 107 cm³/mol. The number of hydrogen-bond donors (Lipinski definition) is 0. The molecule has 136 valence electrons. The van der Waals surface area contributed by atoms with Crippen LogP contribution in [0.2, 0.25) is 0 Å². The van der Waals surface area contributed by atoms with Crippen LogP contribution in [0.4, 0.5) is 0 Å². The first kappa shape index (κ1) is 17.1. The zero-order valence-corrected chi connectivity index (χ0v) is 15.5. The molecule has 0 saturated heterocycles. The lowest BCUT2D eigenvalue weighted by molar-refractivity contribution is 0.308. The average molecular weight is 359 g/mol. The molecule has 1 aromatic carbocycles. The zero-order valence-electron chi connectivity index (χ0n) is 15.5. The summed E-state index contributed by atoms with van der Waals surface area (Å²) in [6.07, 6.45) is 7.42. The largest absolute Gasteiger partial charge is 0.492 e. The summed E-state index contributed by atoms with van der Waals surface area (Å²) in [4.78, 5) is 8.98. The molecule has 0 aliphatic carbocycles. The minimum absolute atomic E-state index is 0.677. The average Bonchev–Trinajstić information content (AvgIpc) is 3.14. The molecule has 0 fully saturated rings. The maximum absolute atomic E-state index is 5.80. The Morgan fingerprint density at radius 3 is 2.89 bits per heavy atom. The molecule has 0 radical (unpaired) electrons. The summed E-state index contributed by atoms with van der Waals surface area (Å²) in [5.74, 6) is 1.45. The number of aryl methyl sites for hydroxylation is 1. The molecule has 0 N–H and O–H groups in total. The molecular weight excluding hydrogens is 338 g/mol. The second-order valence-electron chi connectivity index (χ2n) is 6.44. The van der Waals surface area contributed by atoms with E-state index in [0.717, 1.165) is 57.9 Å². The van der Waals surface area contributed by atoms with Crippen molar-refractivity contribution in [1.82, 2.24) is 24.6 Å². The van der Waals surface area contributed by atoms with Gasteiger partial charge in [-0.25, -0.2) is 4.98 Å². The number of rotatable bonds is 6. The van der Waals surface area contributed by atoms with Crippen molar-refractivity contribution in [2.75, 3.05) is 6.61 Å². The van der Waals surface area contributed by atoms with E-state index in [0.29, 0.717) is 6.61 Å². The monoisotopic (exact) mass is 359 g/mol. The number of hydrogen-bond acceptors (Lipinski definition) is 5. The van der Waals surface area contributed by atoms with E-state index in [9.17, 15) is 0 Å². The first-order valence-electron chi connectivity index (χ1n) is 9.07. The molecule has 4 aromatic rings. The first-order chi connectivity index (χ1) is 13.2. The zero-order chi connectivity index (χ0) is 18.8. The van der Waals surface area contributed by atoms with Crippen LogP contribution in [0.15, 0.2) is 43.2 Å². The number of benzene rings is 1. The molecule has 3 aromatic heterocycles. The lowest BCUT2D eigenvalue weighted by atomic mass is 10.1. The van der Waals surface area contributed by atoms with Crippen LogP contribution in [0.25, 0.3) is 34.1 Å². The molecule has 0 atom stereocenters. The van der Waals surface area contributed by atoms with Crippen molar-refractivity contribution < 1.29 is 4.74 Å². The van der Waals surface area contributed by atoms with Gasteiger partial charge in [-0.2, -0.15) is 0 Å². The van der Waals surface area contributed by atoms with Crippen LogP contribution in [-0.4, -0.2) is 31.2 Å². The Morgan fingerprint density at radius 1 is 1.19 bits per heavy atom. The summed E-state index contributed by atoms with van der Waals surface area (Å²) < 4.78 is 7.82. The van der Waals surface area contributed by atoms with Crippen molar-refractivity contribution in [2.45, 2.75) is 26.7 Å². The molecule has 0 bridgehead atoms. The van der Waals surface area contributed by atoms with Crippen molar-refractivity contribution in [1.29, 1.82) is 0 Å². The highest BCUT2D eigenvalue weighted by atomic mass is 16.5. The fourth-order valence-corrected chi connectivity index (χ4v) is 3.06. The smallest absolute Gasteiger partial charge is 0.183 e. The maximum atomic E-state index is 5.80. The molecular formula is C21H21N5O. The summed E-state index contributed by atoms with van der Waals surface area (Å²) in [5.41, 5.74) is 5.25. The third kappa shape index (κ3) is 3.14. The van der Waals surface area contributed by atoms with E-state index < -0.39 is 0 Å². The Labute approximate surface area is 157 Å². The van der Waals surface area contributed by atoms with Crippen molar-refractivity contribution in [3.8, 4) is 17.1 Å². The van der Waals surface area contributed by atoms with E-state index >= 15 is 0 Å². The standard InChI is InChI=1S/C21H21N5O/c1-4-6-9-27-17-11-16(12-22-13-17)21-25-24-20-14(3)23-18-8-7-15(5-2)10-19(18)26(20)21/h5,7-8,10-13H,2,4,6,9H2,1,3H3. The quantitative estimate of drug-likeness (QED) is 0.475. The lowest BCUT2D eigenvalue weighted by Gasteiger charge is -2.09. The van der Waals surface area contributed by atoms with Crippen molar-refractivity contribution >= 4 is 22.8 Å². The summed E-state index contributed by atoms with van der Waals surface area (Å²) >= 11 is 0. The number of pyridine rings is 1. The summed E-state index contributed by atoms with van der Waals surface area (Å²) in [6.45, 7) is 8.62. The predicted octanol–water partition coefficient (Wildman–Crippen LogP) is 4.47. The van der Waals surface area contributed by atoms with E-state index in [4.69, 9.17) is 4.74 Å². The van der Waals surface area contributed by atoms with Crippen LogP contribution in [0.5, 0.6) is 5.75 Å². The lowest BCUT2D eigenvalue weighted by Crippen LogP contribution is -1.99. The molecule has 6 heteroatoms. The fourth-order valence-electron chi connectivity index (χ4n) is 3.06. The molecule has 0 saturated carbocycles. The van der Waals surface area contributed by atoms with E-state index in [-0.39, 0.29) is 0 Å². The fraction of sp³-hybridized carbons (Fsp3) is 0.238. The van der Waals surface area contributed by atoms with Crippen LogP contribution in [-0.2, 0) is 0 Å². The highest BCUT2D eigenvalue weighted by Crippen LogP contribution is 2.27. The number of nitrogens with zero attached hydrogens (tertiary/aromatic N) is 5. The van der Waals surface area contributed by atoms with Gasteiger partial charge in [0.25, 0.3) is 0 Å². The van der Waals surface area contributed by atoms with Gasteiger partial charge >= 0.3 is 0 Å². The normalized spacial score (nSPS) is 11.2. The molecule has 0 aliphatic heterocycles. The van der Waals surface area contributed by atoms with Crippen LogP contribution < -0.4 is 4.74 Å². The molecule has 27 heavy (non-hydrogen) atoms. The molecule has 0 amide bonds. The van der Waals surface area contributed by atoms with Gasteiger partial charge in [0.15, 0.2) is 11.5 Å². The van der Waals surface area contributed by atoms with Gasteiger partial charge in [0.2, 0.25) is 0 Å². The Morgan fingerprint density at radius 2 is 2.07 bits per heavy atom. The SMILES string of the molecule is C=Cc1ccc2nc(C)c3nnc(-c4cncc(OCCCC)c4)n3c2c1. The molecule has 0 spiro atoms. The number of fused-ring (bicyclic) bond motifs is 3. The second kappa shape index (κ2) is 7.15. The van der Waals surface area contributed by atoms with Gasteiger partial charge in [0.05, 0.1) is 29.5 Å². The van der Waals surface area contributed by atoms with E-state index in [2.05, 4.69) is 33.7 Å². The number of aromatic nitrogens is 5. The summed E-state index contributed by atoms with van der Waals surface area (Å²) in [5, 5.41) is 8.78. The van der Waals surface area contributed by atoms with Crippen molar-refractivity contribution in [3.63, 3.8) is 0 Å². The minimum atomic E-state index is 0.677. The number of ether oxygens (including phenoxy) is 1. The van der Waals surface area contributed by atoms with E-state index in [1.807, 2.05) is 41.7 Å². The molecule has 3 heterocycles. The summed E-state index contributed by atoms with van der Waals surface area (Å²) in [6, 6.07) is 7.99. The van der Waals surface area contributed by atoms with Gasteiger partial charge in [-0.05, 0) is 37.1 Å². The third-order valence-corrected chi connectivity index (χ3v) is 4.49. The highest BCUT2D eigenvalue weighted by Gasteiger charge is 2.15. The Balaban J connectivity index is 1.89. The van der Waals surface area contributed by atoms with E-state index in [1.54, 1.807) is 12.4 Å². The van der Waals surface area contributed by atoms with Gasteiger partial charge in [-0.1, -0.05) is 32.1 Å². The van der Waals surface area contributed by atoms with Crippen LogP contribution in [0.1, 0.15) is 31.0 Å². The van der Waals surface area contributed by atoms with Gasteiger partial charge in [0.1, 0.15) is 5.75 Å². The Hall–Kier alpha value is -3.28. The molecule has 6 nitrogen and oxygen atoms in total. The van der Waals surface area contributed by atoms with Gasteiger partial charge in [-0.3, -0.25) is 9.38 Å². The maximum Gasteiger partial charge on any atom is 0.183 e. The molecule has 0 aliphatic rings. The van der Waals surface area contributed by atoms with Crippen LogP contribution in [0, 0.1) is 6.92 Å².